The predicted molar refractivity (Wildman–Crippen MR) is 119 cm³/mol. The quantitative estimate of drug-likeness (QED) is 0.361. The molecule has 0 N–H and O–H groups in total. The fourth-order valence-electron chi connectivity index (χ4n) is 7.16. The molecule has 144 valence electrons. The van der Waals surface area contributed by atoms with Crippen LogP contribution >= 0.6 is 0 Å². The van der Waals surface area contributed by atoms with Gasteiger partial charge in [-0.25, -0.2) is 0 Å². The number of anilines is 1. The van der Waals surface area contributed by atoms with Crippen LogP contribution in [0.1, 0.15) is 49.3 Å². The molecule has 1 aromatic heterocycles. The summed E-state index contributed by atoms with van der Waals surface area (Å²) < 4.78 is 6.16. The van der Waals surface area contributed by atoms with Gasteiger partial charge in [-0.05, 0) is 74.4 Å². The minimum absolute atomic E-state index is 0.147. The van der Waals surface area contributed by atoms with E-state index >= 15 is 0 Å². The number of furan rings is 1. The first-order valence-electron chi connectivity index (χ1n) is 11.0. The van der Waals surface area contributed by atoms with Crippen molar-refractivity contribution in [2.45, 2.75) is 56.5 Å². The van der Waals surface area contributed by atoms with Gasteiger partial charge in [-0.2, -0.15) is 0 Å². The molecule has 1 unspecified atom stereocenters. The van der Waals surface area contributed by atoms with Crippen molar-refractivity contribution in [3.05, 3.63) is 77.4 Å². The van der Waals surface area contributed by atoms with Gasteiger partial charge >= 0.3 is 0 Å². The second kappa shape index (κ2) is 5.05. The van der Waals surface area contributed by atoms with Crippen molar-refractivity contribution in [2.24, 2.45) is 0 Å². The van der Waals surface area contributed by atoms with Gasteiger partial charge in [-0.3, -0.25) is 0 Å². The molecular formula is C27H25NO. The molecule has 2 heteroatoms. The standard InChI is InChI=1S/C27H25NO/c1-17-15-25-20(19-7-3-6-10-24(19)29-25)16-23(17)28-18(2)26-11-13-27(28,14-12-26)22-9-5-4-8-21(22)26/h3-10,15-16,18H,11-14H2,1-2H3. The first kappa shape index (κ1) is 16.1. The number of aryl methyl sites for hydroxylation is 1. The Kier molecular flexibility index (Phi) is 2.80. The van der Waals surface area contributed by atoms with Crippen LogP contribution in [0.3, 0.4) is 0 Å². The van der Waals surface area contributed by atoms with Crippen LogP contribution in [0.25, 0.3) is 21.9 Å². The molecule has 3 aliphatic heterocycles. The predicted octanol–water partition coefficient (Wildman–Crippen LogP) is 6.82. The zero-order valence-electron chi connectivity index (χ0n) is 17.0. The third kappa shape index (κ3) is 1.72. The molecule has 1 atom stereocenters. The highest BCUT2D eigenvalue weighted by atomic mass is 16.3. The lowest BCUT2D eigenvalue weighted by Crippen LogP contribution is -2.72. The van der Waals surface area contributed by atoms with Gasteiger partial charge in [0.15, 0.2) is 0 Å². The molecular weight excluding hydrogens is 354 g/mol. The Balaban J connectivity index is 1.52. The van der Waals surface area contributed by atoms with E-state index in [2.05, 4.69) is 79.4 Å². The molecule has 0 spiro atoms. The van der Waals surface area contributed by atoms with Gasteiger partial charge in [0.25, 0.3) is 0 Å². The lowest BCUT2D eigenvalue weighted by atomic mass is 9.47. The first-order valence-corrected chi connectivity index (χ1v) is 11.0. The Labute approximate surface area is 171 Å². The number of hydrogen-bond acceptors (Lipinski definition) is 2. The highest BCUT2D eigenvalue weighted by Crippen LogP contribution is 2.66. The number of piperidine rings is 2. The Bertz CT molecular complexity index is 1300. The zero-order valence-corrected chi connectivity index (χ0v) is 17.0. The molecule has 4 aromatic rings. The van der Waals surface area contributed by atoms with Crippen LogP contribution in [0, 0.1) is 6.92 Å². The summed E-state index contributed by atoms with van der Waals surface area (Å²) in [6, 6.07) is 22.9. The summed E-state index contributed by atoms with van der Waals surface area (Å²) in [4.78, 5) is 2.80. The average Bonchev–Trinajstić information content (AvgIpc) is 3.12. The molecule has 2 nitrogen and oxygen atoms in total. The fraction of sp³-hybridized carbons (Fsp3) is 0.333. The summed E-state index contributed by atoms with van der Waals surface area (Å²) in [6.45, 7) is 4.73. The van der Waals surface area contributed by atoms with Crippen LogP contribution < -0.4 is 4.90 Å². The van der Waals surface area contributed by atoms with E-state index in [-0.39, 0.29) is 5.54 Å². The Hall–Kier alpha value is -2.74. The van der Waals surface area contributed by atoms with E-state index in [1.54, 1.807) is 11.1 Å². The molecule has 29 heavy (non-hydrogen) atoms. The second-order valence-electron chi connectivity index (χ2n) is 9.51. The SMILES string of the molecule is Cc1cc2oc3ccccc3c2cc1N1C(C)C23CCC1(CC2)c1ccccc13. The minimum atomic E-state index is 0.147. The van der Waals surface area contributed by atoms with Gasteiger partial charge in [-0.1, -0.05) is 42.5 Å². The van der Waals surface area contributed by atoms with Gasteiger partial charge in [0, 0.05) is 27.9 Å². The highest BCUT2D eigenvalue weighted by Gasteiger charge is 2.64. The maximum absolute atomic E-state index is 6.16. The van der Waals surface area contributed by atoms with E-state index in [1.807, 2.05) is 0 Å². The first-order chi connectivity index (χ1) is 14.1. The number of benzene rings is 3. The monoisotopic (exact) mass is 379 g/mol. The van der Waals surface area contributed by atoms with Gasteiger partial charge in [0.05, 0.1) is 5.54 Å². The maximum Gasteiger partial charge on any atom is 0.135 e. The van der Waals surface area contributed by atoms with Crippen molar-refractivity contribution >= 4 is 27.6 Å². The Morgan fingerprint density at radius 3 is 2.38 bits per heavy atom. The summed E-state index contributed by atoms with van der Waals surface area (Å²) in [5, 5.41) is 2.47. The van der Waals surface area contributed by atoms with Crippen LogP contribution in [0.15, 0.2) is 65.1 Å². The van der Waals surface area contributed by atoms with Crippen LogP contribution in [0.2, 0.25) is 0 Å². The fourth-order valence-corrected chi connectivity index (χ4v) is 7.16. The molecule has 0 radical (unpaired) electrons. The van der Waals surface area contributed by atoms with Gasteiger partial charge < -0.3 is 9.32 Å². The number of para-hydroxylation sites is 1. The summed E-state index contributed by atoms with van der Waals surface area (Å²) in [5.41, 5.74) is 8.38. The van der Waals surface area contributed by atoms with Gasteiger partial charge in [0.1, 0.15) is 11.2 Å². The second-order valence-corrected chi connectivity index (χ2v) is 9.51. The van der Waals surface area contributed by atoms with E-state index in [0.29, 0.717) is 11.5 Å². The molecule has 0 amide bonds. The lowest BCUT2D eigenvalue weighted by molar-refractivity contribution is 0.0555. The number of nitrogens with zero attached hydrogens (tertiary/aromatic N) is 1. The molecule has 6 aliphatic rings. The third-order valence-electron chi connectivity index (χ3n) is 8.54. The molecule has 3 aliphatic carbocycles. The molecule has 4 heterocycles. The van der Waals surface area contributed by atoms with E-state index < -0.39 is 0 Å². The van der Waals surface area contributed by atoms with E-state index in [1.165, 1.54) is 47.7 Å². The van der Waals surface area contributed by atoms with E-state index in [4.69, 9.17) is 4.42 Å². The number of fused-ring (bicyclic) bond motifs is 3. The van der Waals surface area contributed by atoms with Crippen LogP contribution in [-0.4, -0.2) is 6.04 Å². The largest absolute Gasteiger partial charge is 0.456 e. The van der Waals surface area contributed by atoms with Crippen molar-refractivity contribution in [2.75, 3.05) is 4.90 Å². The summed E-state index contributed by atoms with van der Waals surface area (Å²) in [6.07, 6.45) is 5.21. The molecule has 3 aromatic carbocycles. The van der Waals surface area contributed by atoms with Crippen LogP contribution in [0.4, 0.5) is 5.69 Å². The third-order valence-corrected chi connectivity index (χ3v) is 8.54. The van der Waals surface area contributed by atoms with Gasteiger partial charge in [0.2, 0.25) is 0 Å². The smallest absolute Gasteiger partial charge is 0.135 e. The van der Waals surface area contributed by atoms with Crippen molar-refractivity contribution in [3.8, 4) is 0 Å². The lowest BCUT2D eigenvalue weighted by Gasteiger charge is -2.70. The summed E-state index contributed by atoms with van der Waals surface area (Å²) in [7, 11) is 0. The number of rotatable bonds is 1. The van der Waals surface area contributed by atoms with E-state index in [9.17, 15) is 0 Å². The molecule has 2 bridgehead atoms. The average molecular weight is 380 g/mol. The van der Waals surface area contributed by atoms with Crippen LogP contribution in [0.5, 0.6) is 0 Å². The van der Waals surface area contributed by atoms with Crippen molar-refractivity contribution in [1.82, 2.24) is 0 Å². The van der Waals surface area contributed by atoms with Crippen molar-refractivity contribution in [3.63, 3.8) is 0 Å². The summed E-state index contributed by atoms with van der Waals surface area (Å²) in [5.74, 6) is 0. The van der Waals surface area contributed by atoms with E-state index in [0.717, 1.165) is 11.2 Å². The Morgan fingerprint density at radius 2 is 1.55 bits per heavy atom. The molecule has 10 rings (SSSR count). The Morgan fingerprint density at radius 1 is 0.828 bits per heavy atom. The molecule has 3 fully saturated rings. The number of hydrogen-bond donors (Lipinski definition) is 0. The van der Waals surface area contributed by atoms with Crippen molar-refractivity contribution < 1.29 is 4.42 Å². The minimum Gasteiger partial charge on any atom is -0.456 e. The zero-order chi connectivity index (χ0) is 19.4. The normalized spacial score (nSPS) is 29.7. The highest BCUT2D eigenvalue weighted by molar-refractivity contribution is 6.06. The molecule has 2 saturated heterocycles. The maximum atomic E-state index is 6.16. The topological polar surface area (TPSA) is 16.4 Å². The van der Waals surface area contributed by atoms with Crippen LogP contribution in [-0.2, 0) is 11.0 Å². The van der Waals surface area contributed by atoms with Gasteiger partial charge in [-0.15, -0.1) is 0 Å². The molecule has 1 saturated carbocycles. The van der Waals surface area contributed by atoms with Crippen molar-refractivity contribution in [1.29, 1.82) is 0 Å². The summed E-state index contributed by atoms with van der Waals surface area (Å²) >= 11 is 0.